The van der Waals surface area contributed by atoms with Gasteiger partial charge in [0.05, 0.1) is 22.7 Å². The first kappa shape index (κ1) is 51.8. The normalized spacial score (nSPS) is 13.4. The summed E-state index contributed by atoms with van der Waals surface area (Å²) >= 11 is 0. The Balaban J connectivity index is 0.939. The molecule has 0 radical (unpaired) electrons. The van der Waals surface area contributed by atoms with Crippen LogP contribution in [0.4, 0.5) is 79.6 Å². The number of hydrogen-bond donors (Lipinski definition) is 0. The van der Waals surface area contributed by atoms with E-state index in [1.165, 1.54) is 10.9 Å². The van der Waals surface area contributed by atoms with Crippen LogP contribution in [0.3, 0.4) is 0 Å². The van der Waals surface area contributed by atoms with Crippen molar-refractivity contribution >= 4 is 126 Å². The van der Waals surface area contributed by atoms with Crippen molar-refractivity contribution in [3.63, 3.8) is 0 Å². The number of hydrogen-bond acceptors (Lipinski definition) is 8. The Kier molecular flexibility index (Phi) is 12.3. The molecule has 0 N–H and O–H groups in total. The van der Waals surface area contributed by atoms with Crippen LogP contribution in [0.15, 0.2) is 316 Å². The van der Waals surface area contributed by atoms with Crippen molar-refractivity contribution in [1.29, 1.82) is 0 Å². The van der Waals surface area contributed by atoms with Crippen LogP contribution in [0.5, 0.6) is 34.5 Å². The fraction of sp³-hybridized carbons (Fsp3) is 0.0127. The van der Waals surface area contributed by atoms with Crippen LogP contribution >= 0.6 is 0 Å². The second kappa shape index (κ2) is 21.1. The predicted octanol–water partition coefficient (Wildman–Crippen LogP) is 17.3. The fourth-order valence-corrected chi connectivity index (χ4v) is 14.1. The van der Waals surface area contributed by atoms with Gasteiger partial charge in [-0.1, -0.05) is 170 Å². The summed E-state index contributed by atoms with van der Waals surface area (Å²) in [7, 11) is 0. The number of nitrogens with zero attached hydrogens (tertiary/aromatic N) is 5. The number of para-hydroxylation sites is 9. The van der Waals surface area contributed by atoms with Crippen molar-refractivity contribution in [2.75, 3.05) is 24.5 Å². The molecule has 0 bridgehead atoms. The van der Waals surface area contributed by atoms with Gasteiger partial charge in [-0.3, -0.25) is 0 Å². The first-order valence-corrected chi connectivity index (χ1v) is 30.2. The molecule has 0 amide bonds. The van der Waals surface area contributed by atoms with Crippen LogP contribution in [0.25, 0.3) is 0 Å². The third-order valence-electron chi connectivity index (χ3n) is 17.7. The van der Waals surface area contributed by atoms with E-state index in [2.05, 4.69) is 305 Å². The zero-order valence-electron chi connectivity index (χ0n) is 48.7. The zero-order chi connectivity index (χ0) is 59.1. The maximum Gasteiger partial charge on any atom is 0.260 e. The maximum absolute atomic E-state index is 7.61. The molecule has 12 aromatic carbocycles. The van der Waals surface area contributed by atoms with E-state index < -0.39 is 0 Å². The molecule has 17 rings (SSSR count). The van der Waals surface area contributed by atoms with Crippen molar-refractivity contribution in [2.24, 2.45) is 0 Å². The molecule has 0 atom stereocenters. The molecule has 10 heteroatoms. The number of ether oxygens (including phenoxy) is 3. The van der Waals surface area contributed by atoms with Crippen molar-refractivity contribution in [3.8, 4) is 34.5 Å². The highest BCUT2D eigenvalue weighted by Crippen LogP contribution is 2.54. The molecular weight excluding hydrogens is 1090 g/mol. The molecule has 0 unspecified atom stereocenters. The SMILES string of the molecule is C=C/C=C\C=C(/C)N(c1ccccc1)c1cc2c3c(c1)Oc1cc4c(cc1B3c1cc3c(cc1O2)N(c1ccccc1)c1ccccc1O3)B1c2ccccc2N(c2ccccc2)c2cc(N(c3ccccc3)c3ccccc3)cc(c21)N4c1ccccc1. The van der Waals surface area contributed by atoms with Gasteiger partial charge in [-0.05, 0) is 150 Å². The van der Waals surface area contributed by atoms with Crippen LogP contribution in [0.1, 0.15) is 6.92 Å². The van der Waals surface area contributed by atoms with Gasteiger partial charge in [-0.2, -0.15) is 0 Å². The minimum Gasteiger partial charge on any atom is -0.458 e. The number of anilines is 14. The molecule has 0 saturated carbocycles. The number of benzene rings is 12. The second-order valence-corrected chi connectivity index (χ2v) is 22.9. The lowest BCUT2D eigenvalue weighted by atomic mass is 9.31. The second-order valence-electron chi connectivity index (χ2n) is 22.9. The van der Waals surface area contributed by atoms with E-state index in [1.54, 1.807) is 6.08 Å². The molecule has 5 aliphatic rings. The van der Waals surface area contributed by atoms with Gasteiger partial charge in [0.15, 0.2) is 11.5 Å². The third-order valence-corrected chi connectivity index (χ3v) is 17.7. The van der Waals surface area contributed by atoms with E-state index in [9.17, 15) is 0 Å². The van der Waals surface area contributed by atoms with Crippen LogP contribution in [-0.4, -0.2) is 13.4 Å². The minimum absolute atomic E-state index is 0.206. The fourth-order valence-electron chi connectivity index (χ4n) is 14.1. The highest BCUT2D eigenvalue weighted by atomic mass is 16.5. The van der Waals surface area contributed by atoms with Gasteiger partial charge < -0.3 is 38.7 Å². The molecule has 0 fully saturated rings. The minimum atomic E-state index is -0.348. The van der Waals surface area contributed by atoms with Crippen molar-refractivity contribution in [2.45, 2.75) is 6.92 Å². The van der Waals surface area contributed by atoms with Gasteiger partial charge in [0.2, 0.25) is 0 Å². The number of fused-ring (bicyclic) bond motifs is 10. The average molecular weight is 1140 g/mol. The van der Waals surface area contributed by atoms with Gasteiger partial charge in [0.25, 0.3) is 13.4 Å². The largest absolute Gasteiger partial charge is 0.458 e. The van der Waals surface area contributed by atoms with E-state index >= 15 is 0 Å². The zero-order valence-corrected chi connectivity index (χ0v) is 48.7. The Morgan fingerprint density at radius 2 is 0.798 bits per heavy atom. The Bertz CT molecular complexity index is 4800. The lowest BCUT2D eigenvalue weighted by Crippen LogP contribution is -2.64. The van der Waals surface area contributed by atoms with Crippen molar-refractivity contribution in [1.82, 2.24) is 0 Å². The van der Waals surface area contributed by atoms with Gasteiger partial charge in [0, 0.05) is 92.3 Å². The van der Waals surface area contributed by atoms with Crippen LogP contribution in [0, 0.1) is 0 Å². The molecule has 5 heterocycles. The van der Waals surface area contributed by atoms with Crippen LogP contribution in [0.2, 0.25) is 0 Å². The monoisotopic (exact) mass is 1140 g/mol. The van der Waals surface area contributed by atoms with E-state index in [4.69, 9.17) is 14.2 Å². The van der Waals surface area contributed by atoms with E-state index in [-0.39, 0.29) is 13.4 Å². The van der Waals surface area contributed by atoms with Crippen LogP contribution in [-0.2, 0) is 0 Å². The molecular formula is C79H55B2N5O3. The Hall–Kier alpha value is -11.6. The Labute approximate surface area is 518 Å². The lowest BCUT2D eigenvalue weighted by molar-refractivity contribution is 0.459. The van der Waals surface area contributed by atoms with Gasteiger partial charge >= 0.3 is 0 Å². The molecule has 0 spiro atoms. The summed E-state index contributed by atoms with van der Waals surface area (Å²) in [6, 6.07) is 99.6. The number of allylic oxidation sites excluding steroid dienone is 5. The van der Waals surface area contributed by atoms with Gasteiger partial charge in [0.1, 0.15) is 23.0 Å². The average Bonchev–Trinajstić information content (AvgIpc) is 0.730. The molecule has 8 nitrogen and oxygen atoms in total. The first-order chi connectivity index (χ1) is 44.0. The summed E-state index contributed by atoms with van der Waals surface area (Å²) in [5.41, 5.74) is 21.8. The summed E-state index contributed by atoms with van der Waals surface area (Å²) in [6.45, 7) is 5.53. The van der Waals surface area contributed by atoms with Crippen molar-refractivity contribution in [3.05, 3.63) is 316 Å². The molecule has 89 heavy (non-hydrogen) atoms. The molecule has 0 aliphatic carbocycles. The van der Waals surface area contributed by atoms with Gasteiger partial charge in [-0.15, -0.1) is 0 Å². The molecule has 420 valence electrons. The van der Waals surface area contributed by atoms with Crippen LogP contribution < -0.4 is 71.5 Å². The summed E-state index contributed by atoms with van der Waals surface area (Å²) in [5.74, 6) is 4.42. The summed E-state index contributed by atoms with van der Waals surface area (Å²) in [4.78, 5) is 11.9. The quantitative estimate of drug-likeness (QED) is 0.0938. The van der Waals surface area contributed by atoms with E-state index in [1.807, 2.05) is 30.4 Å². The highest BCUT2D eigenvalue weighted by Gasteiger charge is 2.48. The van der Waals surface area contributed by atoms with E-state index in [0.29, 0.717) is 11.5 Å². The van der Waals surface area contributed by atoms with Crippen molar-refractivity contribution < 1.29 is 14.2 Å². The summed E-state index contributed by atoms with van der Waals surface area (Å²) in [5, 5.41) is 0. The molecule has 0 aromatic heterocycles. The summed E-state index contributed by atoms with van der Waals surface area (Å²) in [6.07, 6.45) is 7.87. The maximum atomic E-state index is 7.61. The summed E-state index contributed by atoms with van der Waals surface area (Å²) < 4.78 is 22.1. The van der Waals surface area contributed by atoms with Gasteiger partial charge in [-0.25, -0.2) is 0 Å². The Morgan fingerprint density at radius 3 is 1.38 bits per heavy atom. The Morgan fingerprint density at radius 1 is 0.337 bits per heavy atom. The molecule has 5 aliphatic heterocycles. The highest BCUT2D eigenvalue weighted by molar-refractivity contribution is 7.02. The topological polar surface area (TPSA) is 43.9 Å². The van der Waals surface area contributed by atoms with E-state index in [0.717, 1.165) is 130 Å². The third kappa shape index (κ3) is 8.47. The smallest absolute Gasteiger partial charge is 0.260 e. The molecule has 0 saturated heterocycles. The number of rotatable bonds is 11. The molecule has 12 aromatic rings. The standard InChI is InChI=1S/C79H55B2N5O3/c1-3-4-11-28-53(2)82(54-29-12-5-13-30-54)61-47-76-79-77(48-61)89-74-52-69-75(87-72-44-27-26-43-67(72)85(69)58-37-20-9-21-38-58)50-65(74)81(79)64-49-63-68(51-73(64)88-76)86(59-39-22-10-23-40-59)71-46-60(83(55-31-14-6-15-32-55)56-33-16-7-17-34-56)45-70-78(71)80(63)62-41-24-25-42-66(62)84(70)57-35-18-8-19-36-57/h3-52H,1H2,2H3/b11-4-,53-28+. The lowest BCUT2D eigenvalue weighted by Gasteiger charge is -2.45. The predicted molar refractivity (Wildman–Crippen MR) is 369 cm³/mol. The first-order valence-electron chi connectivity index (χ1n) is 30.2.